The highest BCUT2D eigenvalue weighted by atomic mass is 19.1. The first kappa shape index (κ1) is 20.2. The Balaban J connectivity index is 1.80. The lowest BCUT2D eigenvalue weighted by atomic mass is 9.90. The number of H-pyrrole nitrogens is 1. The molecule has 7 heteroatoms. The minimum atomic E-state index is -1.89. The SMILES string of the molecule is O=c1[nH]cccc1-c1c(C(O)O)n(CC2=CC(F)CC=C2F)c2c1=CC1CCCC1C=2. The third kappa shape index (κ3) is 3.42. The van der Waals surface area contributed by atoms with Crippen molar-refractivity contribution in [1.29, 1.82) is 0 Å². The monoisotopic (exact) mass is 426 g/mol. The Hall–Kier alpha value is -2.77. The van der Waals surface area contributed by atoms with Gasteiger partial charge in [0.15, 0.2) is 6.29 Å². The van der Waals surface area contributed by atoms with Crippen LogP contribution in [0.3, 0.4) is 0 Å². The third-order valence-corrected chi connectivity index (χ3v) is 6.63. The lowest BCUT2D eigenvalue weighted by Gasteiger charge is -2.19. The van der Waals surface area contributed by atoms with E-state index in [0.29, 0.717) is 23.0 Å². The summed E-state index contributed by atoms with van der Waals surface area (Å²) < 4.78 is 30.1. The van der Waals surface area contributed by atoms with Crippen LogP contribution in [0.4, 0.5) is 8.78 Å². The summed E-state index contributed by atoms with van der Waals surface area (Å²) in [6, 6.07) is 3.32. The first-order valence-corrected chi connectivity index (χ1v) is 10.6. The van der Waals surface area contributed by atoms with E-state index in [1.807, 2.05) is 0 Å². The van der Waals surface area contributed by atoms with Gasteiger partial charge in [0.2, 0.25) is 0 Å². The van der Waals surface area contributed by atoms with E-state index in [-0.39, 0.29) is 29.8 Å². The molecule has 5 rings (SSSR count). The standard InChI is InChI=1S/C24H24F2N2O3/c25-16-6-7-19(26)15(9-16)12-28-20-11-14-4-1-3-13(14)10-18(20)21(22(28)24(30)31)17-5-2-8-27-23(17)29/h2,5,7-11,13-14,16,24,30-31H,1,3-4,6,12H2,(H,27,29). The van der Waals surface area contributed by atoms with E-state index in [1.54, 1.807) is 16.7 Å². The Morgan fingerprint density at radius 2 is 1.97 bits per heavy atom. The van der Waals surface area contributed by atoms with E-state index in [4.69, 9.17) is 0 Å². The van der Waals surface area contributed by atoms with Gasteiger partial charge in [-0.25, -0.2) is 8.78 Å². The van der Waals surface area contributed by atoms with Gasteiger partial charge in [-0.05, 0) is 49.0 Å². The van der Waals surface area contributed by atoms with Crippen molar-refractivity contribution in [2.45, 2.75) is 44.7 Å². The first-order chi connectivity index (χ1) is 14.9. The average molecular weight is 426 g/mol. The van der Waals surface area contributed by atoms with E-state index in [9.17, 15) is 23.8 Å². The molecule has 0 spiro atoms. The summed E-state index contributed by atoms with van der Waals surface area (Å²) in [7, 11) is 0. The highest BCUT2D eigenvalue weighted by Crippen LogP contribution is 2.36. The summed E-state index contributed by atoms with van der Waals surface area (Å²) in [5, 5.41) is 22.1. The van der Waals surface area contributed by atoms with Gasteiger partial charge < -0.3 is 19.8 Å². The van der Waals surface area contributed by atoms with E-state index in [1.165, 1.54) is 18.3 Å². The van der Waals surface area contributed by atoms with Crippen molar-refractivity contribution in [2.75, 3.05) is 0 Å². The largest absolute Gasteiger partial charge is 0.363 e. The maximum atomic E-state index is 14.5. The summed E-state index contributed by atoms with van der Waals surface area (Å²) in [4.78, 5) is 15.3. The number of alkyl halides is 1. The van der Waals surface area contributed by atoms with Crippen LogP contribution in [0.1, 0.15) is 37.7 Å². The Labute approximate surface area is 177 Å². The molecule has 0 saturated heterocycles. The van der Waals surface area contributed by atoms with Crippen LogP contribution >= 0.6 is 0 Å². The van der Waals surface area contributed by atoms with Crippen molar-refractivity contribution >= 4 is 12.2 Å². The van der Waals surface area contributed by atoms with Crippen molar-refractivity contribution < 1.29 is 19.0 Å². The number of aromatic amines is 1. The molecule has 2 aromatic heterocycles. The van der Waals surface area contributed by atoms with E-state index in [0.717, 1.165) is 29.8 Å². The lowest BCUT2D eigenvalue weighted by molar-refractivity contribution is -0.0478. The summed E-state index contributed by atoms with van der Waals surface area (Å²) in [6.07, 6.45) is 8.14. The lowest BCUT2D eigenvalue weighted by Crippen LogP contribution is -2.36. The summed E-state index contributed by atoms with van der Waals surface area (Å²) >= 11 is 0. The van der Waals surface area contributed by atoms with Crippen molar-refractivity contribution in [1.82, 2.24) is 9.55 Å². The first-order valence-electron chi connectivity index (χ1n) is 10.6. The highest BCUT2D eigenvalue weighted by molar-refractivity contribution is 5.70. The molecule has 1 saturated carbocycles. The maximum Gasteiger partial charge on any atom is 0.255 e. The second-order valence-electron chi connectivity index (χ2n) is 8.52. The molecule has 0 aliphatic heterocycles. The zero-order valence-electron chi connectivity index (χ0n) is 16.9. The highest BCUT2D eigenvalue weighted by Gasteiger charge is 2.31. The number of aliphatic hydroxyl groups is 2. The molecule has 3 aliphatic carbocycles. The number of aromatic nitrogens is 2. The van der Waals surface area contributed by atoms with Gasteiger partial charge in [0.1, 0.15) is 12.0 Å². The Kier molecular flexibility index (Phi) is 5.02. The van der Waals surface area contributed by atoms with Gasteiger partial charge in [-0.3, -0.25) is 4.79 Å². The Bertz CT molecular complexity index is 1270. The fourth-order valence-corrected chi connectivity index (χ4v) is 5.22. The molecule has 31 heavy (non-hydrogen) atoms. The van der Waals surface area contributed by atoms with Crippen LogP contribution in [0.2, 0.25) is 0 Å². The Morgan fingerprint density at radius 1 is 1.19 bits per heavy atom. The minimum absolute atomic E-state index is 0.0110. The molecule has 0 aromatic carbocycles. The molecule has 5 nitrogen and oxygen atoms in total. The molecule has 2 heterocycles. The van der Waals surface area contributed by atoms with Gasteiger partial charge in [-0.2, -0.15) is 0 Å². The summed E-state index contributed by atoms with van der Waals surface area (Å²) in [6.45, 7) is -0.0511. The van der Waals surface area contributed by atoms with Crippen molar-refractivity contribution in [3.8, 4) is 11.1 Å². The smallest absolute Gasteiger partial charge is 0.255 e. The second-order valence-corrected chi connectivity index (χ2v) is 8.52. The second kappa shape index (κ2) is 7.73. The van der Waals surface area contributed by atoms with Gasteiger partial charge in [-0.1, -0.05) is 18.6 Å². The third-order valence-electron chi connectivity index (χ3n) is 6.63. The van der Waals surface area contributed by atoms with E-state index >= 15 is 0 Å². The molecule has 162 valence electrons. The molecule has 0 radical (unpaired) electrons. The quantitative estimate of drug-likeness (QED) is 0.657. The topological polar surface area (TPSA) is 78.2 Å². The van der Waals surface area contributed by atoms with Crippen LogP contribution < -0.4 is 16.1 Å². The van der Waals surface area contributed by atoms with E-state index in [2.05, 4.69) is 17.1 Å². The van der Waals surface area contributed by atoms with Gasteiger partial charge in [-0.15, -0.1) is 0 Å². The normalized spacial score (nSPS) is 24.7. The minimum Gasteiger partial charge on any atom is -0.363 e. The van der Waals surface area contributed by atoms with Crippen molar-refractivity contribution in [3.05, 3.63) is 68.5 Å². The number of aliphatic hydroxyl groups excluding tert-OH is 1. The van der Waals surface area contributed by atoms with Crippen LogP contribution in [0, 0.1) is 11.8 Å². The number of rotatable bonds is 4. The van der Waals surface area contributed by atoms with Crippen LogP contribution in [0.25, 0.3) is 23.3 Å². The number of hydrogen-bond acceptors (Lipinski definition) is 3. The predicted octanol–water partition coefficient (Wildman–Crippen LogP) is 2.34. The molecule has 3 atom stereocenters. The molecule has 3 aliphatic rings. The number of halogens is 2. The number of pyridine rings is 1. The molecular formula is C24H24F2N2O3. The van der Waals surface area contributed by atoms with Gasteiger partial charge in [0.05, 0.1) is 12.2 Å². The van der Waals surface area contributed by atoms with Gasteiger partial charge >= 0.3 is 0 Å². The van der Waals surface area contributed by atoms with Crippen molar-refractivity contribution in [2.24, 2.45) is 11.8 Å². The van der Waals surface area contributed by atoms with Crippen LogP contribution in [0.15, 0.2) is 46.7 Å². The van der Waals surface area contributed by atoms with E-state index < -0.39 is 18.3 Å². The average Bonchev–Trinajstić information content (AvgIpc) is 3.32. The molecule has 1 fully saturated rings. The number of nitrogens with one attached hydrogen (secondary N) is 1. The number of fused-ring (bicyclic) bond motifs is 2. The fourth-order valence-electron chi connectivity index (χ4n) is 5.22. The number of hydrogen-bond donors (Lipinski definition) is 3. The van der Waals surface area contributed by atoms with Crippen molar-refractivity contribution in [3.63, 3.8) is 0 Å². The van der Waals surface area contributed by atoms with Gasteiger partial charge in [0, 0.05) is 39.9 Å². The summed E-state index contributed by atoms with van der Waals surface area (Å²) in [5.74, 6) is 0.114. The Morgan fingerprint density at radius 3 is 2.71 bits per heavy atom. The fraction of sp³-hybridized carbons (Fsp3) is 0.375. The molecule has 0 bridgehead atoms. The predicted molar refractivity (Wildman–Crippen MR) is 113 cm³/mol. The van der Waals surface area contributed by atoms with Crippen LogP contribution in [0.5, 0.6) is 0 Å². The van der Waals surface area contributed by atoms with Gasteiger partial charge in [0.25, 0.3) is 5.56 Å². The molecule has 3 unspecified atom stereocenters. The zero-order valence-corrected chi connectivity index (χ0v) is 16.9. The number of nitrogens with zero attached hydrogens (tertiary/aromatic N) is 1. The van der Waals surface area contributed by atoms with Crippen LogP contribution in [-0.2, 0) is 6.54 Å². The number of allylic oxidation sites excluding steroid dienone is 4. The molecule has 3 N–H and O–H groups in total. The molecular weight excluding hydrogens is 402 g/mol. The molecule has 2 aromatic rings. The van der Waals surface area contributed by atoms with Crippen LogP contribution in [-0.4, -0.2) is 25.9 Å². The molecule has 0 amide bonds. The maximum absolute atomic E-state index is 14.5. The zero-order chi connectivity index (χ0) is 21.7. The summed E-state index contributed by atoms with van der Waals surface area (Å²) in [5.41, 5.74) is 0.681.